The number of amides is 1. The third-order valence-electron chi connectivity index (χ3n) is 3.52. The van der Waals surface area contributed by atoms with Crippen LogP contribution in [0.2, 0.25) is 0 Å². The molecule has 1 aromatic carbocycles. The zero-order chi connectivity index (χ0) is 18.2. The first-order valence-electron chi connectivity index (χ1n) is 7.62. The maximum atomic E-state index is 13.2. The molecule has 0 bridgehead atoms. The second-order valence-corrected chi connectivity index (χ2v) is 5.36. The minimum atomic E-state index is -0.860. The fraction of sp³-hybridized carbons (Fsp3) is 0.278. The van der Waals surface area contributed by atoms with Gasteiger partial charge in [0, 0.05) is 18.7 Å². The molecule has 2 rings (SSSR count). The first-order valence-corrected chi connectivity index (χ1v) is 7.62. The summed E-state index contributed by atoms with van der Waals surface area (Å²) < 4.78 is 22.9. The number of carbonyl (C=O) groups excluding carboxylic acids is 2. The molecule has 0 fully saturated rings. The molecule has 1 N–H and O–H groups in total. The van der Waals surface area contributed by atoms with Crippen LogP contribution in [0.1, 0.15) is 11.1 Å². The van der Waals surface area contributed by atoms with Gasteiger partial charge in [0.15, 0.2) is 0 Å². The predicted octanol–water partition coefficient (Wildman–Crippen LogP) is 1.67. The first-order chi connectivity index (χ1) is 12.0. The van der Waals surface area contributed by atoms with Crippen LogP contribution in [-0.4, -0.2) is 37.1 Å². The van der Waals surface area contributed by atoms with Gasteiger partial charge in [0.05, 0.1) is 20.6 Å². The van der Waals surface area contributed by atoms with E-state index in [0.717, 1.165) is 5.56 Å². The average molecular weight is 346 g/mol. The van der Waals surface area contributed by atoms with Crippen LogP contribution in [0.4, 0.5) is 4.39 Å². The van der Waals surface area contributed by atoms with Gasteiger partial charge in [-0.25, -0.2) is 14.2 Å². The Hall–Kier alpha value is -2.96. The van der Waals surface area contributed by atoms with Crippen LogP contribution in [0.25, 0.3) is 0 Å². The Bertz CT molecular complexity index is 734. The number of aromatic nitrogens is 1. The Morgan fingerprint density at radius 3 is 2.60 bits per heavy atom. The molecule has 0 spiro atoms. The smallest absolute Gasteiger partial charge is 0.328 e. The lowest BCUT2D eigenvalue weighted by Gasteiger charge is -2.16. The van der Waals surface area contributed by atoms with E-state index < -0.39 is 23.7 Å². The van der Waals surface area contributed by atoms with Gasteiger partial charge in [-0.05, 0) is 23.3 Å². The van der Waals surface area contributed by atoms with Gasteiger partial charge in [-0.1, -0.05) is 18.2 Å². The second-order valence-electron chi connectivity index (χ2n) is 5.36. The van der Waals surface area contributed by atoms with Crippen LogP contribution in [-0.2, 0) is 27.2 Å². The molecule has 2 aromatic rings. The lowest BCUT2D eigenvalue weighted by Crippen LogP contribution is -2.43. The Morgan fingerprint density at radius 1 is 1.20 bits per heavy atom. The Labute approximate surface area is 145 Å². The number of benzene rings is 1. The van der Waals surface area contributed by atoms with Crippen molar-refractivity contribution in [3.63, 3.8) is 0 Å². The zero-order valence-corrected chi connectivity index (χ0v) is 14.0. The van der Waals surface area contributed by atoms with E-state index >= 15 is 0 Å². The number of halogens is 1. The fourth-order valence-corrected chi connectivity index (χ4v) is 2.30. The van der Waals surface area contributed by atoms with Crippen LogP contribution in [0.5, 0.6) is 5.88 Å². The minimum Gasteiger partial charge on any atom is -0.481 e. The summed E-state index contributed by atoms with van der Waals surface area (Å²) in [6.45, 7) is 0. The van der Waals surface area contributed by atoms with Crippen molar-refractivity contribution in [1.29, 1.82) is 0 Å². The summed E-state index contributed by atoms with van der Waals surface area (Å²) in [6.07, 6.45) is 1.75. The number of pyridine rings is 1. The van der Waals surface area contributed by atoms with Gasteiger partial charge in [-0.15, -0.1) is 0 Å². The van der Waals surface area contributed by atoms with Crippen LogP contribution >= 0.6 is 0 Å². The molecule has 0 aliphatic heterocycles. The molecule has 0 saturated carbocycles. The van der Waals surface area contributed by atoms with Crippen molar-refractivity contribution in [3.8, 4) is 5.88 Å². The van der Waals surface area contributed by atoms with Gasteiger partial charge in [0.25, 0.3) is 0 Å². The van der Waals surface area contributed by atoms with Gasteiger partial charge in [0.1, 0.15) is 11.9 Å². The summed E-state index contributed by atoms with van der Waals surface area (Å²) in [5.74, 6) is -0.932. The number of nitrogens with one attached hydrogen (secondary N) is 1. The van der Waals surface area contributed by atoms with E-state index in [0.29, 0.717) is 11.4 Å². The standard InChI is InChI=1S/C18H19FN2O4/c1-24-17-7-6-13(11-20-17)9-15(18(23)25-2)21-16(22)10-12-4-3-5-14(19)8-12/h3-8,11,15H,9-10H2,1-2H3,(H,21,22)/t15-/m1/s1. The molecule has 0 radical (unpaired) electrons. The molecule has 25 heavy (non-hydrogen) atoms. The maximum Gasteiger partial charge on any atom is 0.328 e. The highest BCUT2D eigenvalue weighted by Crippen LogP contribution is 2.10. The molecule has 0 saturated heterocycles. The quantitative estimate of drug-likeness (QED) is 0.772. The van der Waals surface area contributed by atoms with E-state index in [2.05, 4.69) is 10.3 Å². The predicted molar refractivity (Wildman–Crippen MR) is 88.5 cm³/mol. The topological polar surface area (TPSA) is 77.5 Å². The van der Waals surface area contributed by atoms with E-state index in [1.807, 2.05) is 0 Å². The molecule has 0 aliphatic carbocycles. The Balaban J connectivity index is 2.03. The molecule has 0 aliphatic rings. The van der Waals surface area contributed by atoms with E-state index in [1.165, 1.54) is 32.4 Å². The molecule has 1 aromatic heterocycles. The van der Waals surface area contributed by atoms with Gasteiger partial charge >= 0.3 is 5.97 Å². The molecule has 1 atom stereocenters. The molecule has 0 unspecified atom stereocenters. The summed E-state index contributed by atoms with van der Waals surface area (Å²) >= 11 is 0. The van der Waals surface area contributed by atoms with E-state index in [4.69, 9.17) is 9.47 Å². The average Bonchev–Trinajstić information content (AvgIpc) is 2.61. The van der Waals surface area contributed by atoms with Crippen LogP contribution in [0, 0.1) is 5.82 Å². The van der Waals surface area contributed by atoms with Crippen LogP contribution < -0.4 is 10.1 Å². The molecule has 1 amide bonds. The summed E-state index contributed by atoms with van der Waals surface area (Å²) in [7, 11) is 2.76. The highest BCUT2D eigenvalue weighted by molar-refractivity contribution is 5.85. The lowest BCUT2D eigenvalue weighted by atomic mass is 10.1. The number of rotatable bonds is 7. The van der Waals surface area contributed by atoms with Crippen molar-refractivity contribution >= 4 is 11.9 Å². The number of hydrogen-bond acceptors (Lipinski definition) is 5. The normalized spacial score (nSPS) is 11.5. The molecular formula is C18H19FN2O4. The maximum absolute atomic E-state index is 13.2. The number of carbonyl (C=O) groups is 2. The monoisotopic (exact) mass is 346 g/mol. The number of nitrogens with zero attached hydrogens (tertiary/aromatic N) is 1. The number of esters is 1. The first kappa shape index (κ1) is 18.4. The second kappa shape index (κ2) is 8.77. The van der Waals surface area contributed by atoms with E-state index in [-0.39, 0.29) is 12.8 Å². The van der Waals surface area contributed by atoms with Gasteiger partial charge < -0.3 is 14.8 Å². The third kappa shape index (κ3) is 5.56. The van der Waals surface area contributed by atoms with Gasteiger partial charge in [-0.2, -0.15) is 0 Å². The largest absolute Gasteiger partial charge is 0.481 e. The van der Waals surface area contributed by atoms with E-state index in [9.17, 15) is 14.0 Å². The van der Waals surface area contributed by atoms with Crippen molar-refractivity contribution < 1.29 is 23.5 Å². The molecule has 132 valence electrons. The molecule has 1 heterocycles. The fourth-order valence-electron chi connectivity index (χ4n) is 2.30. The van der Waals surface area contributed by atoms with Crippen molar-refractivity contribution in [2.24, 2.45) is 0 Å². The number of ether oxygens (including phenoxy) is 2. The SMILES string of the molecule is COC(=O)[C@@H](Cc1ccc(OC)nc1)NC(=O)Cc1cccc(F)c1. The van der Waals surface area contributed by atoms with Crippen LogP contribution in [0.15, 0.2) is 42.6 Å². The highest BCUT2D eigenvalue weighted by atomic mass is 19.1. The molecule has 7 heteroatoms. The Kier molecular flexibility index (Phi) is 6.45. The zero-order valence-electron chi connectivity index (χ0n) is 14.0. The summed E-state index contributed by atoms with van der Waals surface area (Å²) in [5.41, 5.74) is 1.26. The van der Waals surface area contributed by atoms with E-state index in [1.54, 1.807) is 24.4 Å². The highest BCUT2D eigenvalue weighted by Gasteiger charge is 2.22. The van der Waals surface area contributed by atoms with Crippen molar-refractivity contribution in [3.05, 3.63) is 59.5 Å². The van der Waals surface area contributed by atoms with Crippen molar-refractivity contribution in [2.45, 2.75) is 18.9 Å². The number of methoxy groups -OCH3 is 2. The molecule has 6 nitrogen and oxygen atoms in total. The summed E-state index contributed by atoms with van der Waals surface area (Å²) in [6, 6.07) is 8.30. The van der Waals surface area contributed by atoms with Gasteiger partial charge in [-0.3, -0.25) is 4.79 Å². The summed E-state index contributed by atoms with van der Waals surface area (Å²) in [5, 5.41) is 2.62. The third-order valence-corrected chi connectivity index (χ3v) is 3.52. The Morgan fingerprint density at radius 2 is 2.00 bits per heavy atom. The minimum absolute atomic E-state index is 0.0356. The number of hydrogen-bond donors (Lipinski definition) is 1. The lowest BCUT2D eigenvalue weighted by molar-refractivity contribution is -0.145. The van der Waals surface area contributed by atoms with Gasteiger partial charge in [0.2, 0.25) is 11.8 Å². The van der Waals surface area contributed by atoms with Crippen molar-refractivity contribution in [1.82, 2.24) is 10.3 Å². The van der Waals surface area contributed by atoms with Crippen LogP contribution in [0.3, 0.4) is 0 Å². The molecular weight excluding hydrogens is 327 g/mol. The van der Waals surface area contributed by atoms with Crippen molar-refractivity contribution in [2.75, 3.05) is 14.2 Å². The summed E-state index contributed by atoms with van der Waals surface area (Å²) in [4.78, 5) is 28.2.